The van der Waals surface area contributed by atoms with Gasteiger partial charge in [0.2, 0.25) is 0 Å². The molecule has 2 aromatic carbocycles. The van der Waals surface area contributed by atoms with Crippen LogP contribution in [0.2, 0.25) is 0 Å². The number of amides is 1. The molecule has 4 rings (SSSR count). The Morgan fingerprint density at radius 2 is 1.75 bits per heavy atom. The van der Waals surface area contributed by atoms with Crippen LogP contribution in [0.5, 0.6) is 11.5 Å². The maximum absolute atomic E-state index is 12.5. The second-order valence-corrected chi connectivity index (χ2v) is 6.06. The van der Waals surface area contributed by atoms with Crippen molar-refractivity contribution >= 4 is 17.3 Å². The van der Waals surface area contributed by atoms with Crippen LogP contribution in [0, 0.1) is 0 Å². The average molecular weight is 324 g/mol. The van der Waals surface area contributed by atoms with Gasteiger partial charge in [0, 0.05) is 30.0 Å². The van der Waals surface area contributed by atoms with Crippen molar-refractivity contribution in [2.45, 2.75) is 12.8 Å². The van der Waals surface area contributed by atoms with Crippen molar-refractivity contribution in [1.82, 2.24) is 0 Å². The van der Waals surface area contributed by atoms with E-state index in [-0.39, 0.29) is 5.91 Å². The van der Waals surface area contributed by atoms with Gasteiger partial charge in [0.25, 0.3) is 5.91 Å². The average Bonchev–Trinajstić information content (AvgIpc) is 3.16. The lowest BCUT2D eigenvalue weighted by atomic mass is 10.1. The lowest BCUT2D eigenvalue weighted by Gasteiger charge is -2.19. The van der Waals surface area contributed by atoms with Crippen molar-refractivity contribution < 1.29 is 14.3 Å². The summed E-state index contributed by atoms with van der Waals surface area (Å²) in [5, 5.41) is 2.97. The molecule has 0 atom stereocenters. The van der Waals surface area contributed by atoms with E-state index in [1.807, 2.05) is 18.2 Å². The van der Waals surface area contributed by atoms with Crippen LogP contribution < -0.4 is 19.7 Å². The summed E-state index contributed by atoms with van der Waals surface area (Å²) >= 11 is 0. The molecule has 1 amide bonds. The van der Waals surface area contributed by atoms with Crippen molar-refractivity contribution in [3.8, 4) is 11.5 Å². The van der Waals surface area contributed by atoms with E-state index in [0.717, 1.165) is 24.5 Å². The third-order valence-corrected chi connectivity index (χ3v) is 4.38. The first-order valence-corrected chi connectivity index (χ1v) is 8.36. The fourth-order valence-corrected chi connectivity index (χ4v) is 3.14. The summed E-state index contributed by atoms with van der Waals surface area (Å²) in [6, 6.07) is 13.3. The van der Waals surface area contributed by atoms with Gasteiger partial charge in [0.15, 0.2) is 11.5 Å². The summed E-state index contributed by atoms with van der Waals surface area (Å²) in [5.41, 5.74) is 2.53. The van der Waals surface area contributed by atoms with E-state index in [9.17, 15) is 4.79 Å². The molecule has 1 fully saturated rings. The summed E-state index contributed by atoms with van der Waals surface area (Å²) in [7, 11) is 0. The number of ether oxygens (including phenoxy) is 2. The fraction of sp³-hybridized carbons (Fsp3) is 0.316. The van der Waals surface area contributed by atoms with Crippen molar-refractivity contribution in [1.29, 1.82) is 0 Å². The standard InChI is InChI=1S/C19H20N2O3/c22-19(14-6-7-17-18(12-14)24-11-10-23-17)20-15-4-3-5-16(13-15)21-8-1-2-9-21/h3-7,12-13H,1-2,8-11H2,(H,20,22). The molecule has 0 unspecified atom stereocenters. The second kappa shape index (κ2) is 6.43. The number of hydrogen-bond acceptors (Lipinski definition) is 4. The highest BCUT2D eigenvalue weighted by Gasteiger charge is 2.16. The van der Waals surface area contributed by atoms with Gasteiger partial charge >= 0.3 is 0 Å². The van der Waals surface area contributed by atoms with Gasteiger partial charge in [-0.3, -0.25) is 4.79 Å². The van der Waals surface area contributed by atoms with Crippen LogP contribution >= 0.6 is 0 Å². The van der Waals surface area contributed by atoms with Gasteiger partial charge in [0.1, 0.15) is 13.2 Å². The third kappa shape index (κ3) is 3.02. The highest BCUT2D eigenvalue weighted by molar-refractivity contribution is 6.04. The monoisotopic (exact) mass is 324 g/mol. The molecule has 1 saturated heterocycles. The third-order valence-electron chi connectivity index (χ3n) is 4.38. The van der Waals surface area contributed by atoms with Gasteiger partial charge in [-0.05, 0) is 49.2 Å². The molecule has 0 spiro atoms. The number of fused-ring (bicyclic) bond motifs is 1. The second-order valence-electron chi connectivity index (χ2n) is 6.06. The molecule has 2 aliphatic heterocycles. The summed E-state index contributed by atoms with van der Waals surface area (Å²) in [5.74, 6) is 1.17. The van der Waals surface area contributed by atoms with Crippen LogP contribution in [0.25, 0.3) is 0 Å². The minimum atomic E-state index is -0.148. The first-order valence-electron chi connectivity index (χ1n) is 8.36. The molecular formula is C19H20N2O3. The summed E-state index contributed by atoms with van der Waals surface area (Å²) in [6.45, 7) is 3.22. The Bertz CT molecular complexity index is 754. The lowest BCUT2D eigenvalue weighted by molar-refractivity contribution is 0.102. The Morgan fingerprint density at radius 1 is 0.958 bits per heavy atom. The smallest absolute Gasteiger partial charge is 0.255 e. The maximum atomic E-state index is 12.5. The first kappa shape index (κ1) is 14.9. The Labute approximate surface area is 141 Å². The molecule has 2 aromatic rings. The minimum Gasteiger partial charge on any atom is -0.486 e. The molecule has 0 aliphatic carbocycles. The van der Waals surface area contributed by atoms with Crippen LogP contribution in [0.4, 0.5) is 11.4 Å². The number of nitrogens with one attached hydrogen (secondary N) is 1. The number of hydrogen-bond donors (Lipinski definition) is 1. The number of carbonyl (C=O) groups is 1. The van der Waals surface area contributed by atoms with Crippen molar-refractivity contribution in [3.05, 3.63) is 48.0 Å². The fourth-order valence-electron chi connectivity index (χ4n) is 3.14. The number of benzene rings is 2. The molecule has 5 nitrogen and oxygen atoms in total. The maximum Gasteiger partial charge on any atom is 0.255 e. The van der Waals surface area contributed by atoms with E-state index in [1.54, 1.807) is 18.2 Å². The highest BCUT2D eigenvalue weighted by Crippen LogP contribution is 2.31. The molecule has 5 heteroatoms. The summed E-state index contributed by atoms with van der Waals surface area (Å²) < 4.78 is 11.0. The van der Waals surface area contributed by atoms with E-state index in [4.69, 9.17) is 9.47 Å². The first-order chi connectivity index (χ1) is 11.8. The Hall–Kier alpha value is -2.69. The number of rotatable bonds is 3. The molecule has 1 N–H and O–H groups in total. The molecule has 0 saturated carbocycles. The predicted octanol–water partition coefficient (Wildman–Crippen LogP) is 3.31. The molecule has 124 valence electrons. The van der Waals surface area contributed by atoms with E-state index >= 15 is 0 Å². The Morgan fingerprint density at radius 3 is 2.58 bits per heavy atom. The van der Waals surface area contributed by atoms with E-state index in [1.165, 1.54) is 12.8 Å². The minimum absolute atomic E-state index is 0.148. The van der Waals surface area contributed by atoms with Crippen LogP contribution in [0.1, 0.15) is 23.2 Å². The van der Waals surface area contributed by atoms with E-state index in [2.05, 4.69) is 16.3 Å². The molecular weight excluding hydrogens is 304 g/mol. The molecule has 2 heterocycles. The largest absolute Gasteiger partial charge is 0.486 e. The van der Waals surface area contributed by atoms with Gasteiger partial charge in [-0.2, -0.15) is 0 Å². The summed E-state index contributed by atoms with van der Waals surface area (Å²) in [6.07, 6.45) is 2.46. The Kier molecular flexibility index (Phi) is 3.99. The molecule has 0 bridgehead atoms. The quantitative estimate of drug-likeness (QED) is 0.941. The molecule has 24 heavy (non-hydrogen) atoms. The zero-order valence-electron chi connectivity index (χ0n) is 13.5. The van der Waals surface area contributed by atoms with Gasteiger partial charge in [-0.15, -0.1) is 0 Å². The van der Waals surface area contributed by atoms with Crippen LogP contribution in [0.15, 0.2) is 42.5 Å². The molecule has 0 radical (unpaired) electrons. The molecule has 0 aromatic heterocycles. The zero-order valence-corrected chi connectivity index (χ0v) is 13.5. The molecule has 2 aliphatic rings. The van der Waals surface area contributed by atoms with Crippen molar-refractivity contribution in [3.63, 3.8) is 0 Å². The number of anilines is 2. The van der Waals surface area contributed by atoms with E-state index in [0.29, 0.717) is 30.3 Å². The Balaban J connectivity index is 1.50. The summed E-state index contributed by atoms with van der Waals surface area (Å²) in [4.78, 5) is 14.9. The van der Waals surface area contributed by atoms with Gasteiger partial charge in [-0.25, -0.2) is 0 Å². The van der Waals surface area contributed by atoms with Crippen molar-refractivity contribution in [2.24, 2.45) is 0 Å². The van der Waals surface area contributed by atoms with E-state index < -0.39 is 0 Å². The van der Waals surface area contributed by atoms with Gasteiger partial charge < -0.3 is 19.7 Å². The van der Waals surface area contributed by atoms with Gasteiger partial charge in [-0.1, -0.05) is 6.07 Å². The van der Waals surface area contributed by atoms with Crippen molar-refractivity contribution in [2.75, 3.05) is 36.5 Å². The highest BCUT2D eigenvalue weighted by atomic mass is 16.6. The topological polar surface area (TPSA) is 50.8 Å². The number of carbonyl (C=O) groups excluding carboxylic acids is 1. The number of nitrogens with zero attached hydrogens (tertiary/aromatic N) is 1. The SMILES string of the molecule is O=C(Nc1cccc(N2CCCC2)c1)c1ccc2c(c1)OCCO2. The lowest BCUT2D eigenvalue weighted by Crippen LogP contribution is -2.18. The predicted molar refractivity (Wildman–Crippen MR) is 93.3 cm³/mol. The van der Waals surface area contributed by atoms with Crippen LogP contribution in [0.3, 0.4) is 0 Å². The van der Waals surface area contributed by atoms with Crippen LogP contribution in [-0.4, -0.2) is 32.2 Å². The normalized spacial score (nSPS) is 16.1. The van der Waals surface area contributed by atoms with Crippen LogP contribution in [-0.2, 0) is 0 Å². The zero-order chi connectivity index (χ0) is 16.4. The van der Waals surface area contributed by atoms with Gasteiger partial charge in [0.05, 0.1) is 0 Å².